The van der Waals surface area contributed by atoms with Gasteiger partial charge in [0.05, 0.1) is 6.07 Å². The SMILES string of the molecule is CC(C#N)(Nc1ncccn1)c1ccccc1. The molecule has 1 heterocycles. The van der Waals surface area contributed by atoms with Crippen molar-refractivity contribution in [3.8, 4) is 6.07 Å². The highest BCUT2D eigenvalue weighted by Crippen LogP contribution is 2.23. The molecule has 1 aromatic carbocycles. The number of benzene rings is 1. The number of anilines is 1. The van der Waals surface area contributed by atoms with Crippen molar-refractivity contribution in [2.45, 2.75) is 12.5 Å². The molecule has 84 valence electrons. The molecule has 1 aromatic heterocycles. The van der Waals surface area contributed by atoms with Crippen LogP contribution in [0.4, 0.5) is 5.95 Å². The number of nitrogens with one attached hydrogen (secondary N) is 1. The molecule has 1 atom stereocenters. The van der Waals surface area contributed by atoms with Gasteiger partial charge in [-0.3, -0.25) is 0 Å². The Morgan fingerprint density at radius 2 is 1.76 bits per heavy atom. The first-order valence-corrected chi connectivity index (χ1v) is 5.26. The van der Waals surface area contributed by atoms with Gasteiger partial charge < -0.3 is 5.32 Å². The molecule has 0 spiro atoms. The number of hydrogen-bond acceptors (Lipinski definition) is 4. The lowest BCUT2D eigenvalue weighted by Crippen LogP contribution is -2.30. The Kier molecular flexibility index (Phi) is 3.01. The minimum Gasteiger partial charge on any atom is -0.332 e. The van der Waals surface area contributed by atoms with Gasteiger partial charge >= 0.3 is 0 Å². The average Bonchev–Trinajstić information content (AvgIpc) is 2.41. The van der Waals surface area contributed by atoms with Crippen LogP contribution < -0.4 is 5.32 Å². The smallest absolute Gasteiger partial charge is 0.224 e. The Bertz CT molecular complexity index is 518. The molecule has 0 saturated carbocycles. The van der Waals surface area contributed by atoms with E-state index in [1.807, 2.05) is 30.3 Å². The summed E-state index contributed by atoms with van der Waals surface area (Å²) >= 11 is 0. The van der Waals surface area contributed by atoms with Gasteiger partial charge in [-0.05, 0) is 18.6 Å². The standard InChI is InChI=1S/C13H12N4/c1-13(10-14,11-6-3-2-4-7-11)17-12-15-8-5-9-16-12/h2-9H,1H3,(H,15,16,17). The van der Waals surface area contributed by atoms with Crippen molar-refractivity contribution >= 4 is 5.95 Å². The van der Waals surface area contributed by atoms with Crippen molar-refractivity contribution in [2.24, 2.45) is 0 Å². The topological polar surface area (TPSA) is 61.6 Å². The predicted octanol–water partition coefficient (Wildman–Crippen LogP) is 2.33. The molecule has 17 heavy (non-hydrogen) atoms. The zero-order valence-electron chi connectivity index (χ0n) is 9.46. The van der Waals surface area contributed by atoms with E-state index in [0.29, 0.717) is 5.95 Å². The van der Waals surface area contributed by atoms with Crippen molar-refractivity contribution in [1.29, 1.82) is 5.26 Å². The van der Waals surface area contributed by atoms with Crippen LogP contribution in [0.2, 0.25) is 0 Å². The average molecular weight is 224 g/mol. The van der Waals surface area contributed by atoms with Crippen molar-refractivity contribution in [1.82, 2.24) is 9.97 Å². The lowest BCUT2D eigenvalue weighted by atomic mass is 9.94. The lowest BCUT2D eigenvalue weighted by Gasteiger charge is -2.23. The molecule has 4 heteroatoms. The third-order valence-electron chi connectivity index (χ3n) is 2.50. The second-order valence-corrected chi connectivity index (χ2v) is 3.80. The maximum Gasteiger partial charge on any atom is 0.224 e. The molecule has 1 N–H and O–H groups in total. The van der Waals surface area contributed by atoms with Crippen LogP contribution in [0.15, 0.2) is 48.8 Å². The van der Waals surface area contributed by atoms with Crippen molar-refractivity contribution in [2.75, 3.05) is 5.32 Å². The van der Waals surface area contributed by atoms with Gasteiger partial charge in [0, 0.05) is 12.4 Å². The Morgan fingerprint density at radius 1 is 1.12 bits per heavy atom. The third kappa shape index (κ3) is 2.40. The van der Waals surface area contributed by atoms with Crippen molar-refractivity contribution in [3.63, 3.8) is 0 Å². The fourth-order valence-corrected chi connectivity index (χ4v) is 1.52. The van der Waals surface area contributed by atoms with E-state index >= 15 is 0 Å². The highest BCUT2D eigenvalue weighted by Gasteiger charge is 2.26. The molecule has 1 unspecified atom stereocenters. The summed E-state index contributed by atoms with van der Waals surface area (Å²) < 4.78 is 0. The largest absolute Gasteiger partial charge is 0.332 e. The summed E-state index contributed by atoms with van der Waals surface area (Å²) in [5.41, 5.74) is 0.0535. The Hall–Kier alpha value is -2.41. The molecule has 4 nitrogen and oxygen atoms in total. The molecular formula is C13H12N4. The first-order valence-electron chi connectivity index (χ1n) is 5.26. The predicted molar refractivity (Wildman–Crippen MR) is 65.1 cm³/mol. The monoisotopic (exact) mass is 224 g/mol. The van der Waals surface area contributed by atoms with Gasteiger partial charge in [-0.15, -0.1) is 0 Å². The van der Waals surface area contributed by atoms with E-state index in [0.717, 1.165) is 5.56 Å². The van der Waals surface area contributed by atoms with E-state index in [9.17, 15) is 5.26 Å². The van der Waals surface area contributed by atoms with Gasteiger partial charge in [0.2, 0.25) is 5.95 Å². The lowest BCUT2D eigenvalue weighted by molar-refractivity contribution is 0.695. The Balaban J connectivity index is 2.31. The highest BCUT2D eigenvalue weighted by molar-refractivity contribution is 5.41. The maximum atomic E-state index is 9.33. The summed E-state index contributed by atoms with van der Waals surface area (Å²) in [4.78, 5) is 8.13. The summed E-state index contributed by atoms with van der Waals surface area (Å²) in [6, 6.07) is 13.5. The van der Waals surface area contributed by atoms with Gasteiger partial charge in [0.1, 0.15) is 5.54 Å². The molecule has 0 amide bonds. The van der Waals surface area contributed by atoms with E-state index in [1.165, 1.54) is 0 Å². The van der Waals surface area contributed by atoms with Crippen LogP contribution in [-0.2, 0) is 5.54 Å². The van der Waals surface area contributed by atoms with Gasteiger partial charge in [0.15, 0.2) is 0 Å². The van der Waals surface area contributed by atoms with Crippen LogP contribution in [0, 0.1) is 11.3 Å². The molecule has 0 bridgehead atoms. The fourth-order valence-electron chi connectivity index (χ4n) is 1.52. The highest BCUT2D eigenvalue weighted by atomic mass is 15.1. The number of hydrogen-bond donors (Lipinski definition) is 1. The maximum absolute atomic E-state index is 9.33. The van der Waals surface area contributed by atoms with Gasteiger partial charge in [-0.1, -0.05) is 30.3 Å². The summed E-state index contributed by atoms with van der Waals surface area (Å²) in [5, 5.41) is 12.4. The molecule has 2 aromatic rings. The number of rotatable bonds is 3. The summed E-state index contributed by atoms with van der Waals surface area (Å²) in [6.07, 6.45) is 3.27. The van der Waals surface area contributed by atoms with Crippen molar-refractivity contribution < 1.29 is 0 Å². The van der Waals surface area contributed by atoms with E-state index in [4.69, 9.17) is 0 Å². The second-order valence-electron chi connectivity index (χ2n) is 3.80. The molecule has 0 aliphatic carbocycles. The van der Waals surface area contributed by atoms with E-state index in [-0.39, 0.29) is 0 Å². The summed E-state index contributed by atoms with van der Waals surface area (Å²) in [6.45, 7) is 1.80. The number of nitriles is 1. The van der Waals surface area contributed by atoms with E-state index in [1.54, 1.807) is 25.4 Å². The number of aromatic nitrogens is 2. The zero-order valence-corrected chi connectivity index (χ0v) is 9.46. The molecule has 2 rings (SSSR count). The zero-order chi connectivity index (χ0) is 12.1. The van der Waals surface area contributed by atoms with Crippen LogP contribution in [0.25, 0.3) is 0 Å². The van der Waals surface area contributed by atoms with Crippen molar-refractivity contribution in [3.05, 3.63) is 54.4 Å². The van der Waals surface area contributed by atoms with Crippen LogP contribution in [0.3, 0.4) is 0 Å². The fraction of sp³-hybridized carbons (Fsp3) is 0.154. The molecular weight excluding hydrogens is 212 g/mol. The first kappa shape index (κ1) is 11.1. The summed E-state index contributed by atoms with van der Waals surface area (Å²) in [5.74, 6) is 0.445. The van der Waals surface area contributed by atoms with Crippen LogP contribution in [0.1, 0.15) is 12.5 Å². The third-order valence-corrected chi connectivity index (χ3v) is 2.50. The van der Waals surface area contributed by atoms with E-state index < -0.39 is 5.54 Å². The molecule has 0 aliphatic rings. The Morgan fingerprint density at radius 3 is 2.35 bits per heavy atom. The second kappa shape index (κ2) is 4.62. The first-order chi connectivity index (χ1) is 8.24. The van der Waals surface area contributed by atoms with Crippen LogP contribution in [0.5, 0.6) is 0 Å². The minimum atomic E-state index is -0.831. The minimum absolute atomic E-state index is 0.445. The molecule has 0 radical (unpaired) electrons. The normalized spacial score (nSPS) is 13.4. The molecule has 0 saturated heterocycles. The van der Waals surface area contributed by atoms with Crippen LogP contribution >= 0.6 is 0 Å². The van der Waals surface area contributed by atoms with Gasteiger partial charge in [-0.2, -0.15) is 5.26 Å². The van der Waals surface area contributed by atoms with E-state index in [2.05, 4.69) is 21.4 Å². The van der Waals surface area contributed by atoms with Crippen LogP contribution in [-0.4, -0.2) is 9.97 Å². The van der Waals surface area contributed by atoms with Gasteiger partial charge in [-0.25, -0.2) is 9.97 Å². The summed E-state index contributed by atoms with van der Waals surface area (Å²) in [7, 11) is 0. The molecule has 0 fully saturated rings. The molecule has 0 aliphatic heterocycles. The quantitative estimate of drug-likeness (QED) is 0.869. The number of nitrogens with zero attached hydrogens (tertiary/aromatic N) is 3. The van der Waals surface area contributed by atoms with Gasteiger partial charge in [0.25, 0.3) is 0 Å². The Labute approximate surface area is 100.0 Å².